The van der Waals surface area contributed by atoms with Gasteiger partial charge in [-0.3, -0.25) is 9.79 Å². The molecule has 7 heteroatoms. The van der Waals surface area contributed by atoms with Gasteiger partial charge < -0.3 is 15.5 Å². The van der Waals surface area contributed by atoms with Gasteiger partial charge in [0.25, 0.3) is 5.91 Å². The maximum Gasteiger partial charge on any atom is 0.251 e. The van der Waals surface area contributed by atoms with Crippen molar-refractivity contribution >= 4 is 35.8 Å². The number of likely N-dealkylation sites (tertiary alicyclic amines) is 1. The first-order valence-corrected chi connectivity index (χ1v) is 9.61. The lowest BCUT2D eigenvalue weighted by Gasteiger charge is -2.38. The summed E-state index contributed by atoms with van der Waals surface area (Å²) in [5.74, 6) is 0.314. The topological polar surface area (TPSA) is 56.7 Å². The summed E-state index contributed by atoms with van der Waals surface area (Å²) < 4.78 is 13.6. The number of guanidine groups is 1. The predicted molar refractivity (Wildman–Crippen MR) is 117 cm³/mol. The highest BCUT2D eigenvalue weighted by atomic mass is 127. The minimum atomic E-state index is -0.357. The van der Waals surface area contributed by atoms with Gasteiger partial charge in [-0.1, -0.05) is 12.5 Å². The molecule has 1 saturated carbocycles. The average Bonchev–Trinajstić information content (AvgIpc) is 3.06. The maximum absolute atomic E-state index is 13.6. The van der Waals surface area contributed by atoms with E-state index >= 15 is 0 Å². The molecular formula is C20H30FIN4O. The Labute approximate surface area is 178 Å². The van der Waals surface area contributed by atoms with Crippen molar-refractivity contribution in [2.45, 2.75) is 39.5 Å². The van der Waals surface area contributed by atoms with Gasteiger partial charge in [0.2, 0.25) is 0 Å². The summed E-state index contributed by atoms with van der Waals surface area (Å²) in [6.45, 7) is 7.67. The third-order valence-electron chi connectivity index (χ3n) is 5.58. The van der Waals surface area contributed by atoms with Gasteiger partial charge in [-0.25, -0.2) is 4.39 Å². The molecule has 1 saturated heterocycles. The molecule has 1 amide bonds. The molecule has 2 aliphatic rings. The third kappa shape index (κ3) is 5.33. The van der Waals surface area contributed by atoms with Gasteiger partial charge in [0.1, 0.15) is 5.82 Å². The van der Waals surface area contributed by atoms with E-state index in [2.05, 4.69) is 27.4 Å². The van der Waals surface area contributed by atoms with Gasteiger partial charge in [-0.15, -0.1) is 24.0 Å². The van der Waals surface area contributed by atoms with Crippen molar-refractivity contribution in [1.82, 2.24) is 15.5 Å². The second kappa shape index (κ2) is 9.71. The Morgan fingerprint density at radius 2 is 2.07 bits per heavy atom. The number of rotatable bonds is 5. The van der Waals surface area contributed by atoms with E-state index in [-0.39, 0.29) is 35.7 Å². The summed E-state index contributed by atoms with van der Waals surface area (Å²) in [4.78, 5) is 19.1. The molecular weight excluding hydrogens is 458 g/mol. The predicted octanol–water partition coefficient (Wildman–Crippen LogP) is 3.32. The third-order valence-corrected chi connectivity index (χ3v) is 5.58. The zero-order chi connectivity index (χ0) is 18.6. The number of nitrogens with zero attached hydrogens (tertiary/aromatic N) is 2. The van der Waals surface area contributed by atoms with E-state index in [0.29, 0.717) is 29.6 Å². The Kier molecular flexibility index (Phi) is 7.88. The number of hydrogen-bond acceptors (Lipinski definition) is 2. The van der Waals surface area contributed by atoms with Gasteiger partial charge in [0, 0.05) is 31.7 Å². The van der Waals surface area contributed by atoms with E-state index in [1.54, 1.807) is 19.1 Å². The van der Waals surface area contributed by atoms with E-state index in [1.807, 2.05) is 0 Å². The van der Waals surface area contributed by atoms with E-state index in [9.17, 15) is 9.18 Å². The molecule has 1 aliphatic carbocycles. The summed E-state index contributed by atoms with van der Waals surface area (Å²) >= 11 is 0. The Balaban J connectivity index is 0.00000261. The number of aliphatic imine (C=N–C) groups is 1. The number of nitrogens with one attached hydrogen (secondary N) is 2. The molecule has 27 heavy (non-hydrogen) atoms. The maximum atomic E-state index is 13.6. The quantitative estimate of drug-likeness (QED) is 0.290. The van der Waals surface area contributed by atoms with E-state index in [4.69, 9.17) is 0 Å². The van der Waals surface area contributed by atoms with Crippen LogP contribution in [0.5, 0.6) is 0 Å². The summed E-state index contributed by atoms with van der Waals surface area (Å²) in [6, 6.07) is 4.54. The zero-order valence-electron chi connectivity index (χ0n) is 16.2. The van der Waals surface area contributed by atoms with Crippen LogP contribution >= 0.6 is 24.0 Å². The summed E-state index contributed by atoms with van der Waals surface area (Å²) in [5.41, 5.74) is 1.41. The number of amides is 1. The van der Waals surface area contributed by atoms with Crippen LogP contribution in [0, 0.1) is 18.2 Å². The number of benzene rings is 1. The van der Waals surface area contributed by atoms with Gasteiger partial charge in [-0.05, 0) is 56.2 Å². The van der Waals surface area contributed by atoms with Crippen LogP contribution in [0.25, 0.3) is 0 Å². The van der Waals surface area contributed by atoms with E-state index in [1.165, 1.54) is 31.7 Å². The van der Waals surface area contributed by atoms with Crippen LogP contribution in [0.15, 0.2) is 23.2 Å². The molecule has 1 spiro atoms. The van der Waals surface area contributed by atoms with Gasteiger partial charge >= 0.3 is 0 Å². The van der Waals surface area contributed by atoms with Crippen LogP contribution in [-0.4, -0.2) is 49.5 Å². The second-order valence-electron chi connectivity index (χ2n) is 7.48. The first kappa shape index (κ1) is 21.9. The van der Waals surface area contributed by atoms with Crippen LogP contribution in [0.1, 0.15) is 48.5 Å². The molecule has 1 aromatic rings. The van der Waals surface area contributed by atoms with Crippen molar-refractivity contribution in [2.75, 3.05) is 32.7 Å². The minimum absolute atomic E-state index is 0. The Hall–Kier alpha value is -1.38. The first-order chi connectivity index (χ1) is 12.5. The van der Waals surface area contributed by atoms with Crippen molar-refractivity contribution in [3.8, 4) is 0 Å². The SMILES string of the molecule is CCNC(=NCCNC(=O)c1ccc(C)c(F)c1)N1CCC2(CCC2)C1.I. The van der Waals surface area contributed by atoms with Gasteiger partial charge in [-0.2, -0.15) is 0 Å². The monoisotopic (exact) mass is 488 g/mol. The summed E-state index contributed by atoms with van der Waals surface area (Å²) in [7, 11) is 0. The van der Waals surface area contributed by atoms with Gasteiger partial charge in [0.05, 0.1) is 6.54 Å². The fourth-order valence-corrected chi connectivity index (χ4v) is 3.79. The summed E-state index contributed by atoms with van der Waals surface area (Å²) in [5, 5.41) is 6.17. The van der Waals surface area contributed by atoms with Crippen molar-refractivity contribution in [1.29, 1.82) is 0 Å². The second-order valence-corrected chi connectivity index (χ2v) is 7.48. The van der Waals surface area contributed by atoms with Crippen molar-refractivity contribution < 1.29 is 9.18 Å². The first-order valence-electron chi connectivity index (χ1n) is 9.61. The zero-order valence-corrected chi connectivity index (χ0v) is 18.5. The lowest BCUT2D eigenvalue weighted by Crippen LogP contribution is -2.43. The number of carbonyl (C=O) groups is 1. The number of hydrogen-bond donors (Lipinski definition) is 2. The molecule has 0 atom stereocenters. The molecule has 0 bridgehead atoms. The smallest absolute Gasteiger partial charge is 0.251 e. The van der Waals surface area contributed by atoms with Crippen molar-refractivity contribution in [3.63, 3.8) is 0 Å². The minimum Gasteiger partial charge on any atom is -0.357 e. The highest BCUT2D eigenvalue weighted by Crippen LogP contribution is 2.47. The highest BCUT2D eigenvalue weighted by Gasteiger charge is 2.43. The van der Waals surface area contributed by atoms with Crippen LogP contribution in [0.3, 0.4) is 0 Å². The van der Waals surface area contributed by atoms with Gasteiger partial charge in [0.15, 0.2) is 5.96 Å². The molecule has 2 N–H and O–H groups in total. The van der Waals surface area contributed by atoms with Crippen LogP contribution in [0.4, 0.5) is 4.39 Å². The fraction of sp³-hybridized carbons (Fsp3) is 0.600. The number of aryl methyl sites for hydroxylation is 1. The Morgan fingerprint density at radius 1 is 1.30 bits per heavy atom. The molecule has 1 aliphatic heterocycles. The van der Waals surface area contributed by atoms with E-state index in [0.717, 1.165) is 25.6 Å². The molecule has 0 unspecified atom stereocenters. The van der Waals surface area contributed by atoms with Crippen LogP contribution in [-0.2, 0) is 0 Å². The van der Waals surface area contributed by atoms with Crippen molar-refractivity contribution in [3.05, 3.63) is 35.1 Å². The average molecular weight is 488 g/mol. The molecule has 1 aromatic carbocycles. The standard InChI is InChI=1S/C20H29FN4O.HI/c1-3-22-19(25-12-9-20(14-25)7-4-8-20)24-11-10-23-18(26)16-6-5-15(2)17(21)13-16;/h5-6,13H,3-4,7-12,14H2,1-2H3,(H,22,24)(H,23,26);1H. The van der Waals surface area contributed by atoms with Crippen LogP contribution < -0.4 is 10.6 Å². The molecule has 1 heterocycles. The molecule has 2 fully saturated rings. The van der Waals surface area contributed by atoms with Crippen molar-refractivity contribution in [2.24, 2.45) is 10.4 Å². The largest absolute Gasteiger partial charge is 0.357 e. The van der Waals surface area contributed by atoms with Crippen LogP contribution in [0.2, 0.25) is 0 Å². The number of carbonyl (C=O) groups excluding carboxylic acids is 1. The normalized spacial score (nSPS) is 18.0. The Morgan fingerprint density at radius 3 is 2.67 bits per heavy atom. The molecule has 5 nitrogen and oxygen atoms in total. The lowest BCUT2D eigenvalue weighted by molar-refractivity contribution is 0.0954. The molecule has 0 radical (unpaired) electrons. The summed E-state index contributed by atoms with van der Waals surface area (Å²) in [6.07, 6.45) is 5.29. The molecule has 150 valence electrons. The Bertz CT molecular complexity index is 691. The number of halogens is 2. The molecule has 0 aromatic heterocycles. The highest BCUT2D eigenvalue weighted by molar-refractivity contribution is 14.0. The van der Waals surface area contributed by atoms with E-state index < -0.39 is 0 Å². The lowest BCUT2D eigenvalue weighted by atomic mass is 9.68. The fourth-order valence-electron chi connectivity index (χ4n) is 3.79. The molecule has 3 rings (SSSR count).